The van der Waals surface area contributed by atoms with Gasteiger partial charge in [-0.3, -0.25) is 28.8 Å². The largest absolute Gasteiger partial charge is 0.481 e. The normalized spacial score (nSPS) is 17.5. The van der Waals surface area contributed by atoms with Crippen LogP contribution in [0.4, 0.5) is 0 Å². The van der Waals surface area contributed by atoms with Crippen LogP contribution in [0.3, 0.4) is 0 Å². The van der Waals surface area contributed by atoms with Gasteiger partial charge in [0.1, 0.15) is 12.2 Å². The highest BCUT2D eigenvalue weighted by Gasteiger charge is 2.37. The fourth-order valence-electron chi connectivity index (χ4n) is 5.68. The second-order valence-electron chi connectivity index (χ2n) is 13.6. The predicted octanol–water partition coefficient (Wildman–Crippen LogP) is 2.56. The zero-order chi connectivity index (χ0) is 38.6. The zero-order valence-electron chi connectivity index (χ0n) is 29.6. The average Bonchev–Trinajstić information content (AvgIpc) is 2.99. The number of carboxylic acid groups (broad SMARTS) is 4. The fraction of sp³-hybridized carbons (Fsp3) is 0.824. The lowest BCUT2D eigenvalue weighted by Crippen LogP contribution is -2.42. The van der Waals surface area contributed by atoms with Crippen LogP contribution in [0.1, 0.15) is 118 Å². The third-order valence-corrected chi connectivity index (χ3v) is 8.61. The molecule has 0 aliphatic rings. The van der Waals surface area contributed by atoms with Crippen LogP contribution in [0.15, 0.2) is 0 Å². The fourth-order valence-corrected chi connectivity index (χ4v) is 5.68. The molecule has 0 aromatic heterocycles. The summed E-state index contributed by atoms with van der Waals surface area (Å²) in [5.74, 6) is -12.0. The quantitative estimate of drug-likeness (QED) is 0.0407. The first-order chi connectivity index (χ1) is 23.3. The lowest BCUT2D eigenvalue weighted by Gasteiger charge is -2.33. The molecule has 0 amide bonds. The number of ether oxygens (including phenoxy) is 2. The molecule has 0 fully saturated rings. The van der Waals surface area contributed by atoms with E-state index in [-0.39, 0.29) is 25.2 Å². The minimum Gasteiger partial charge on any atom is -0.481 e. The molecule has 50 heavy (non-hydrogen) atoms. The molecule has 0 aromatic rings. The van der Waals surface area contributed by atoms with Crippen molar-refractivity contribution in [3.8, 4) is 0 Å². The first-order valence-corrected chi connectivity index (χ1v) is 17.3. The van der Waals surface area contributed by atoms with E-state index in [1.165, 1.54) is 0 Å². The van der Waals surface area contributed by atoms with E-state index in [1.54, 1.807) is 20.8 Å². The molecule has 0 aliphatic heterocycles. The number of carboxylic acids is 4. The van der Waals surface area contributed by atoms with Crippen LogP contribution in [-0.4, -0.2) is 108 Å². The molecule has 0 aromatic carbocycles. The predicted molar refractivity (Wildman–Crippen MR) is 178 cm³/mol. The smallest absolute Gasteiger partial charge is 0.307 e. The number of hydrogen-bond acceptors (Lipinski definition) is 12. The number of hydrogen-bond donors (Lipinski definition) is 8. The summed E-state index contributed by atoms with van der Waals surface area (Å²) >= 11 is 0. The summed E-state index contributed by atoms with van der Waals surface area (Å²) < 4.78 is 11.4. The molecular formula is C34H59NO15. The molecule has 16 heteroatoms. The van der Waals surface area contributed by atoms with E-state index in [2.05, 4.69) is 0 Å². The van der Waals surface area contributed by atoms with E-state index in [4.69, 9.17) is 25.4 Å². The van der Waals surface area contributed by atoms with Gasteiger partial charge in [0, 0.05) is 12.5 Å². The van der Waals surface area contributed by atoms with Gasteiger partial charge in [-0.2, -0.15) is 0 Å². The maximum absolute atomic E-state index is 13.0. The zero-order valence-corrected chi connectivity index (χ0v) is 29.6. The van der Waals surface area contributed by atoms with Gasteiger partial charge in [-0.1, -0.05) is 46.5 Å². The molecule has 10 atom stereocenters. The summed E-state index contributed by atoms with van der Waals surface area (Å²) in [7, 11) is 0. The van der Waals surface area contributed by atoms with Gasteiger partial charge in [-0.05, 0) is 50.9 Å². The first kappa shape index (κ1) is 46.7. The molecule has 0 saturated heterocycles. The molecule has 290 valence electrons. The maximum atomic E-state index is 13.0. The molecule has 0 radical (unpaired) electrons. The lowest BCUT2D eigenvalue weighted by molar-refractivity contribution is -0.177. The number of aliphatic carboxylic acids is 4. The van der Waals surface area contributed by atoms with Crippen molar-refractivity contribution in [3.05, 3.63) is 0 Å². The number of esters is 2. The van der Waals surface area contributed by atoms with Crippen molar-refractivity contribution in [2.45, 2.75) is 154 Å². The number of unbranched alkanes of at least 4 members (excludes halogenated alkanes) is 2. The Bertz CT molecular complexity index is 1070. The number of carbonyl (C=O) groups excluding carboxylic acids is 2. The summed E-state index contributed by atoms with van der Waals surface area (Å²) in [4.78, 5) is 71.6. The van der Waals surface area contributed by atoms with E-state index in [0.29, 0.717) is 38.5 Å². The SMILES string of the molecule is CCCC[C@@H](C)[C@@H](OC(=O)CC(CC(=O)O)C(=O)O)[C@H](C[C@@H](C)C[C@H](O)CCCC[C@@H](O)C[C@H](O)[C@H](C)N)OC(=O)CC(CC(=O)O)C(=O)O. The van der Waals surface area contributed by atoms with Gasteiger partial charge in [0.25, 0.3) is 0 Å². The van der Waals surface area contributed by atoms with Crippen LogP contribution in [0.5, 0.6) is 0 Å². The molecule has 9 N–H and O–H groups in total. The highest BCUT2D eigenvalue weighted by atomic mass is 16.6. The third kappa shape index (κ3) is 21.0. The first-order valence-electron chi connectivity index (χ1n) is 17.3. The van der Waals surface area contributed by atoms with Crippen molar-refractivity contribution in [1.29, 1.82) is 0 Å². The van der Waals surface area contributed by atoms with Crippen molar-refractivity contribution in [1.82, 2.24) is 0 Å². The molecule has 0 saturated carbocycles. The van der Waals surface area contributed by atoms with Crippen LogP contribution < -0.4 is 5.73 Å². The second-order valence-corrected chi connectivity index (χ2v) is 13.6. The van der Waals surface area contributed by atoms with Crippen LogP contribution in [0.2, 0.25) is 0 Å². The van der Waals surface area contributed by atoms with Gasteiger partial charge in [0.15, 0.2) is 0 Å². The minimum atomic E-state index is -1.59. The van der Waals surface area contributed by atoms with Gasteiger partial charge in [-0.25, -0.2) is 0 Å². The molecule has 0 rings (SSSR count). The van der Waals surface area contributed by atoms with E-state index >= 15 is 0 Å². The monoisotopic (exact) mass is 721 g/mol. The summed E-state index contributed by atoms with van der Waals surface area (Å²) in [5.41, 5.74) is 5.63. The minimum absolute atomic E-state index is 0.0270. The third-order valence-electron chi connectivity index (χ3n) is 8.61. The summed E-state index contributed by atoms with van der Waals surface area (Å²) in [5, 5.41) is 67.8. The second kappa shape index (κ2) is 24.7. The Labute approximate surface area is 293 Å². The van der Waals surface area contributed by atoms with Gasteiger partial charge in [0.2, 0.25) is 0 Å². The van der Waals surface area contributed by atoms with E-state index < -0.39 is 116 Å². The van der Waals surface area contributed by atoms with Gasteiger partial charge in [-0.15, -0.1) is 0 Å². The Morgan fingerprint density at radius 1 is 0.620 bits per heavy atom. The van der Waals surface area contributed by atoms with Crippen molar-refractivity contribution in [2.75, 3.05) is 0 Å². The Balaban J connectivity index is 5.98. The van der Waals surface area contributed by atoms with Crippen molar-refractivity contribution >= 4 is 35.8 Å². The Morgan fingerprint density at radius 2 is 1.08 bits per heavy atom. The molecule has 0 heterocycles. The lowest BCUT2D eigenvalue weighted by atomic mass is 9.87. The molecule has 0 spiro atoms. The number of nitrogens with two attached hydrogens (primary N) is 1. The number of aliphatic hydroxyl groups is 3. The number of carbonyl (C=O) groups is 6. The topological polar surface area (TPSA) is 289 Å². The summed E-state index contributed by atoms with van der Waals surface area (Å²) in [6, 6.07) is -0.476. The van der Waals surface area contributed by atoms with Gasteiger partial charge >= 0.3 is 35.8 Å². The maximum Gasteiger partial charge on any atom is 0.307 e. The average molecular weight is 722 g/mol. The van der Waals surface area contributed by atoms with Crippen molar-refractivity contribution < 1.29 is 74.0 Å². The van der Waals surface area contributed by atoms with E-state index in [9.17, 15) is 54.3 Å². The van der Waals surface area contributed by atoms with Gasteiger partial charge < -0.3 is 51.0 Å². The molecule has 16 nitrogen and oxygen atoms in total. The molecule has 0 aliphatic carbocycles. The highest BCUT2D eigenvalue weighted by Crippen LogP contribution is 2.29. The highest BCUT2D eigenvalue weighted by molar-refractivity contribution is 5.83. The summed E-state index contributed by atoms with van der Waals surface area (Å²) in [6.07, 6.45) is -3.74. The Morgan fingerprint density at radius 3 is 1.50 bits per heavy atom. The van der Waals surface area contributed by atoms with Crippen LogP contribution in [0, 0.1) is 23.7 Å². The standard InChI is InChI=1S/C34H59NO15/c1-5-6-9-20(3)32(50-31(44)17-23(34(47)48)15-29(41)42)27(49-30(43)16-22(33(45)46)14-28(39)40)13-19(2)12-24(36)10-7-8-11-25(37)18-26(38)21(4)35/h19-27,32,36-38H,5-18,35H2,1-4H3,(H,39,40)(H,41,42)(H,45,46)(H,47,48)/t19-,20+,21-,22?,23?,24+,25+,26-,27-,32+/m0/s1. The van der Waals surface area contributed by atoms with Crippen molar-refractivity contribution in [3.63, 3.8) is 0 Å². The van der Waals surface area contributed by atoms with Crippen LogP contribution in [0.25, 0.3) is 0 Å². The molecule has 0 bridgehead atoms. The van der Waals surface area contributed by atoms with E-state index in [1.807, 2.05) is 6.92 Å². The van der Waals surface area contributed by atoms with Crippen molar-refractivity contribution in [2.24, 2.45) is 29.4 Å². The van der Waals surface area contributed by atoms with Crippen LogP contribution >= 0.6 is 0 Å². The number of aliphatic hydroxyl groups excluding tert-OH is 3. The summed E-state index contributed by atoms with van der Waals surface area (Å²) in [6.45, 7) is 7.06. The van der Waals surface area contributed by atoms with Crippen LogP contribution in [-0.2, 0) is 38.2 Å². The molecular weight excluding hydrogens is 662 g/mol. The number of rotatable bonds is 29. The Kier molecular flexibility index (Phi) is 23.1. The van der Waals surface area contributed by atoms with E-state index in [0.717, 1.165) is 6.42 Å². The Hall–Kier alpha value is -3.34. The van der Waals surface area contributed by atoms with Gasteiger partial charge in [0.05, 0.1) is 55.8 Å². The molecule has 2 unspecified atom stereocenters.